The van der Waals surface area contributed by atoms with Gasteiger partial charge < -0.3 is 15.4 Å². The molecule has 19 heavy (non-hydrogen) atoms. The normalized spacial score (nSPS) is 11.4. The van der Waals surface area contributed by atoms with Crippen molar-refractivity contribution in [3.8, 4) is 0 Å². The maximum absolute atomic E-state index is 11.4. The fourth-order valence-electron chi connectivity index (χ4n) is 2.86. The van der Waals surface area contributed by atoms with Crippen LogP contribution in [0.2, 0.25) is 0 Å². The van der Waals surface area contributed by atoms with Gasteiger partial charge >= 0.3 is 5.97 Å². The van der Waals surface area contributed by atoms with Crippen molar-refractivity contribution in [2.45, 2.75) is 33.2 Å². The molecule has 2 aromatic rings. The highest BCUT2D eigenvalue weighted by Crippen LogP contribution is 2.33. The minimum Gasteiger partial charge on any atom is -0.478 e. The standard InChI is InChI=1S/C15H20N2O2/c1-9(2)13-10(3)17(8-7-16)12-6-4-5-11(14(12)13)15(18)19/h4-6,9H,7-8,16H2,1-3H3,(H,18,19). The number of nitrogens with two attached hydrogens (primary N) is 1. The Labute approximate surface area is 112 Å². The second-order valence-corrected chi connectivity index (χ2v) is 5.10. The first kappa shape index (κ1) is 13.6. The summed E-state index contributed by atoms with van der Waals surface area (Å²) in [5.74, 6) is -0.598. The van der Waals surface area contributed by atoms with Crippen molar-refractivity contribution in [1.29, 1.82) is 0 Å². The summed E-state index contributed by atoms with van der Waals surface area (Å²) in [6.45, 7) is 7.47. The van der Waals surface area contributed by atoms with E-state index in [0.717, 1.165) is 22.2 Å². The maximum atomic E-state index is 11.4. The van der Waals surface area contributed by atoms with Gasteiger partial charge in [0.25, 0.3) is 0 Å². The van der Waals surface area contributed by atoms with Gasteiger partial charge in [-0.1, -0.05) is 19.9 Å². The number of carboxylic acids is 1. The number of hydrogen-bond donors (Lipinski definition) is 2. The molecule has 0 saturated carbocycles. The van der Waals surface area contributed by atoms with E-state index in [1.165, 1.54) is 0 Å². The van der Waals surface area contributed by atoms with E-state index in [0.29, 0.717) is 18.7 Å². The molecule has 1 aromatic carbocycles. The Kier molecular flexibility index (Phi) is 3.62. The van der Waals surface area contributed by atoms with Crippen LogP contribution in [0.25, 0.3) is 10.9 Å². The van der Waals surface area contributed by atoms with Crippen LogP contribution in [-0.4, -0.2) is 22.2 Å². The van der Waals surface area contributed by atoms with Gasteiger partial charge in [-0.2, -0.15) is 0 Å². The summed E-state index contributed by atoms with van der Waals surface area (Å²) in [6, 6.07) is 5.43. The Morgan fingerprint density at radius 3 is 2.63 bits per heavy atom. The van der Waals surface area contributed by atoms with Crippen LogP contribution in [0, 0.1) is 6.92 Å². The van der Waals surface area contributed by atoms with Crippen molar-refractivity contribution < 1.29 is 9.90 Å². The zero-order valence-electron chi connectivity index (χ0n) is 11.6. The van der Waals surface area contributed by atoms with Gasteiger partial charge in [0, 0.05) is 29.7 Å². The highest BCUT2D eigenvalue weighted by Gasteiger charge is 2.21. The van der Waals surface area contributed by atoms with Crippen LogP contribution < -0.4 is 5.73 Å². The summed E-state index contributed by atoms with van der Waals surface area (Å²) in [6.07, 6.45) is 0. The molecular weight excluding hydrogens is 240 g/mol. The van der Waals surface area contributed by atoms with Gasteiger partial charge in [0.1, 0.15) is 0 Å². The number of carbonyl (C=O) groups is 1. The van der Waals surface area contributed by atoms with Crippen LogP contribution in [0.4, 0.5) is 0 Å². The molecule has 0 aliphatic rings. The number of fused-ring (bicyclic) bond motifs is 1. The van der Waals surface area contributed by atoms with E-state index >= 15 is 0 Å². The highest BCUT2D eigenvalue weighted by atomic mass is 16.4. The summed E-state index contributed by atoms with van der Waals surface area (Å²) < 4.78 is 2.12. The lowest BCUT2D eigenvalue weighted by Crippen LogP contribution is -2.11. The average Bonchev–Trinajstić information content (AvgIpc) is 2.62. The first-order valence-corrected chi connectivity index (χ1v) is 6.54. The molecule has 0 aliphatic carbocycles. The molecule has 0 bridgehead atoms. The molecule has 1 heterocycles. The maximum Gasteiger partial charge on any atom is 0.336 e. The number of benzene rings is 1. The largest absolute Gasteiger partial charge is 0.478 e. The smallest absolute Gasteiger partial charge is 0.336 e. The molecule has 3 N–H and O–H groups in total. The van der Waals surface area contributed by atoms with Crippen molar-refractivity contribution in [1.82, 2.24) is 4.57 Å². The fourth-order valence-corrected chi connectivity index (χ4v) is 2.86. The van der Waals surface area contributed by atoms with Gasteiger partial charge in [0.15, 0.2) is 0 Å². The van der Waals surface area contributed by atoms with E-state index < -0.39 is 5.97 Å². The van der Waals surface area contributed by atoms with Crippen molar-refractivity contribution in [2.75, 3.05) is 6.54 Å². The van der Waals surface area contributed by atoms with Gasteiger partial charge in [-0.3, -0.25) is 0 Å². The minimum absolute atomic E-state index is 0.280. The molecule has 0 amide bonds. The summed E-state index contributed by atoms with van der Waals surface area (Å²) in [5, 5.41) is 10.2. The van der Waals surface area contributed by atoms with Gasteiger partial charge in [-0.25, -0.2) is 4.79 Å². The SMILES string of the molecule is Cc1c(C(C)C)c2c(C(=O)O)cccc2n1CCN. The molecule has 1 aromatic heterocycles. The van der Waals surface area contributed by atoms with Gasteiger partial charge in [0.05, 0.1) is 5.56 Å². The van der Waals surface area contributed by atoms with Crippen LogP contribution in [0.3, 0.4) is 0 Å². The molecule has 4 nitrogen and oxygen atoms in total. The Morgan fingerprint density at radius 2 is 2.11 bits per heavy atom. The molecule has 2 rings (SSSR count). The van der Waals surface area contributed by atoms with E-state index in [-0.39, 0.29) is 5.92 Å². The lowest BCUT2D eigenvalue weighted by Gasteiger charge is -2.08. The van der Waals surface area contributed by atoms with Crippen molar-refractivity contribution >= 4 is 16.9 Å². The van der Waals surface area contributed by atoms with Crippen LogP contribution in [-0.2, 0) is 6.54 Å². The number of aromatic carboxylic acids is 1. The predicted molar refractivity (Wildman–Crippen MR) is 76.8 cm³/mol. The molecule has 102 valence electrons. The first-order valence-electron chi connectivity index (χ1n) is 6.54. The monoisotopic (exact) mass is 260 g/mol. The molecule has 0 spiro atoms. The van der Waals surface area contributed by atoms with Gasteiger partial charge in [-0.15, -0.1) is 0 Å². The number of carboxylic acid groups (broad SMARTS) is 1. The zero-order chi connectivity index (χ0) is 14.2. The molecule has 0 radical (unpaired) electrons. The second kappa shape index (κ2) is 5.05. The van der Waals surface area contributed by atoms with Crippen molar-refractivity contribution in [3.63, 3.8) is 0 Å². The third-order valence-corrected chi connectivity index (χ3v) is 3.56. The van der Waals surface area contributed by atoms with E-state index in [1.54, 1.807) is 12.1 Å². The Bertz CT molecular complexity index is 627. The van der Waals surface area contributed by atoms with Gasteiger partial charge in [-0.05, 0) is 30.5 Å². The van der Waals surface area contributed by atoms with E-state index in [1.807, 2.05) is 13.0 Å². The third-order valence-electron chi connectivity index (χ3n) is 3.56. The Balaban J connectivity index is 2.90. The summed E-state index contributed by atoms with van der Waals surface area (Å²) in [7, 11) is 0. The van der Waals surface area contributed by atoms with E-state index in [9.17, 15) is 9.90 Å². The molecule has 4 heteroatoms. The van der Waals surface area contributed by atoms with E-state index in [4.69, 9.17) is 5.73 Å². The number of hydrogen-bond acceptors (Lipinski definition) is 2. The van der Waals surface area contributed by atoms with Crippen LogP contribution in [0.1, 0.15) is 41.4 Å². The van der Waals surface area contributed by atoms with Gasteiger partial charge in [0.2, 0.25) is 0 Å². The number of nitrogens with zero attached hydrogens (tertiary/aromatic N) is 1. The van der Waals surface area contributed by atoms with E-state index in [2.05, 4.69) is 18.4 Å². The minimum atomic E-state index is -0.877. The lowest BCUT2D eigenvalue weighted by molar-refractivity contribution is 0.0699. The number of aromatic nitrogens is 1. The summed E-state index contributed by atoms with van der Waals surface area (Å²) in [5.41, 5.74) is 9.23. The van der Waals surface area contributed by atoms with Crippen LogP contribution in [0.5, 0.6) is 0 Å². The first-order chi connectivity index (χ1) is 8.99. The Hall–Kier alpha value is -1.81. The highest BCUT2D eigenvalue weighted by molar-refractivity contribution is 6.05. The summed E-state index contributed by atoms with van der Waals surface area (Å²) in [4.78, 5) is 11.4. The van der Waals surface area contributed by atoms with Crippen LogP contribution in [0.15, 0.2) is 18.2 Å². The number of rotatable bonds is 4. The third kappa shape index (κ3) is 2.12. The summed E-state index contributed by atoms with van der Waals surface area (Å²) >= 11 is 0. The molecule has 0 unspecified atom stereocenters. The molecule has 0 saturated heterocycles. The lowest BCUT2D eigenvalue weighted by atomic mass is 9.96. The molecule has 0 fully saturated rings. The average molecular weight is 260 g/mol. The van der Waals surface area contributed by atoms with Crippen LogP contribution >= 0.6 is 0 Å². The van der Waals surface area contributed by atoms with Crippen molar-refractivity contribution in [2.24, 2.45) is 5.73 Å². The molecule has 0 aliphatic heterocycles. The second-order valence-electron chi connectivity index (χ2n) is 5.10. The fraction of sp³-hybridized carbons (Fsp3) is 0.400. The molecular formula is C15H20N2O2. The molecule has 0 atom stereocenters. The quantitative estimate of drug-likeness (QED) is 0.888. The topological polar surface area (TPSA) is 68.2 Å². The predicted octanol–water partition coefficient (Wildman–Crippen LogP) is 2.73. The Morgan fingerprint density at radius 1 is 1.42 bits per heavy atom. The van der Waals surface area contributed by atoms with Crippen molar-refractivity contribution in [3.05, 3.63) is 35.0 Å². The zero-order valence-corrected chi connectivity index (χ0v) is 11.6.